The minimum Gasteiger partial charge on any atom is -0.481 e. The van der Waals surface area contributed by atoms with E-state index in [0.29, 0.717) is 37.7 Å². The second kappa shape index (κ2) is 8.41. The maximum absolute atomic E-state index is 12.9. The van der Waals surface area contributed by atoms with Gasteiger partial charge in [-0.2, -0.15) is 9.29 Å². The van der Waals surface area contributed by atoms with Gasteiger partial charge in [0.1, 0.15) is 5.82 Å². The van der Waals surface area contributed by atoms with Gasteiger partial charge < -0.3 is 15.0 Å². The predicted octanol–water partition coefficient (Wildman–Crippen LogP) is 1.73. The van der Waals surface area contributed by atoms with E-state index < -0.39 is 10.0 Å². The SMILES string of the molecule is C=CC(=O)Nc1ccc(S(=O)(=O)N2CCN(c3cccc(OC)n3)CC2)cc1. The zero-order valence-electron chi connectivity index (χ0n) is 15.5. The van der Waals surface area contributed by atoms with Crippen molar-refractivity contribution in [3.63, 3.8) is 0 Å². The van der Waals surface area contributed by atoms with Crippen LogP contribution in [0.5, 0.6) is 5.88 Å². The molecule has 0 saturated carbocycles. The van der Waals surface area contributed by atoms with Crippen LogP contribution in [0.4, 0.5) is 11.5 Å². The van der Waals surface area contributed by atoms with Crippen LogP contribution in [0, 0.1) is 0 Å². The van der Waals surface area contributed by atoms with Gasteiger partial charge in [0.2, 0.25) is 21.8 Å². The molecule has 1 saturated heterocycles. The van der Waals surface area contributed by atoms with Gasteiger partial charge in [0.15, 0.2) is 0 Å². The standard InChI is InChI=1S/C19H22N4O4S/c1-3-18(24)20-15-7-9-16(10-8-15)28(25,26)23-13-11-22(12-14-23)17-5-4-6-19(21-17)27-2/h3-10H,1,11-14H2,2H3,(H,20,24). The van der Waals surface area contributed by atoms with Crippen LogP contribution in [-0.4, -0.2) is 56.9 Å². The molecular formula is C19H22N4O4S. The number of carbonyl (C=O) groups is 1. The highest BCUT2D eigenvalue weighted by molar-refractivity contribution is 7.89. The van der Waals surface area contributed by atoms with E-state index in [2.05, 4.69) is 16.9 Å². The Morgan fingerprint density at radius 2 is 1.82 bits per heavy atom. The number of carbonyl (C=O) groups excluding carboxylic acids is 1. The Morgan fingerprint density at radius 3 is 2.43 bits per heavy atom. The van der Waals surface area contributed by atoms with Gasteiger partial charge >= 0.3 is 0 Å². The Bertz CT molecular complexity index is 952. The molecule has 0 unspecified atom stereocenters. The van der Waals surface area contributed by atoms with Crippen LogP contribution < -0.4 is 15.0 Å². The summed E-state index contributed by atoms with van der Waals surface area (Å²) in [6, 6.07) is 11.6. The largest absolute Gasteiger partial charge is 0.481 e. The summed E-state index contributed by atoms with van der Waals surface area (Å²) in [6.45, 7) is 5.17. The van der Waals surface area contributed by atoms with E-state index in [9.17, 15) is 13.2 Å². The second-order valence-corrected chi connectivity index (χ2v) is 8.08. The monoisotopic (exact) mass is 402 g/mol. The summed E-state index contributed by atoms with van der Waals surface area (Å²) in [5, 5.41) is 2.59. The van der Waals surface area contributed by atoms with Gasteiger partial charge in [0.05, 0.1) is 12.0 Å². The number of methoxy groups -OCH3 is 1. The Kier molecular flexibility index (Phi) is 5.96. The van der Waals surface area contributed by atoms with E-state index >= 15 is 0 Å². The average molecular weight is 402 g/mol. The van der Waals surface area contributed by atoms with E-state index in [1.807, 2.05) is 17.0 Å². The van der Waals surface area contributed by atoms with E-state index in [0.717, 1.165) is 11.9 Å². The third kappa shape index (κ3) is 4.32. The van der Waals surface area contributed by atoms with Crippen molar-refractivity contribution >= 4 is 27.4 Å². The van der Waals surface area contributed by atoms with E-state index in [1.54, 1.807) is 25.3 Å². The lowest BCUT2D eigenvalue weighted by atomic mass is 10.3. The minimum absolute atomic E-state index is 0.192. The van der Waals surface area contributed by atoms with Crippen molar-refractivity contribution in [1.29, 1.82) is 0 Å². The van der Waals surface area contributed by atoms with E-state index in [4.69, 9.17) is 4.74 Å². The molecule has 0 spiro atoms. The highest BCUT2D eigenvalue weighted by atomic mass is 32.2. The van der Waals surface area contributed by atoms with Crippen molar-refractivity contribution in [2.45, 2.75) is 4.90 Å². The van der Waals surface area contributed by atoms with Crippen LogP contribution in [-0.2, 0) is 14.8 Å². The van der Waals surface area contributed by atoms with Crippen LogP contribution in [0.3, 0.4) is 0 Å². The molecule has 1 aliphatic heterocycles. The number of anilines is 2. The van der Waals surface area contributed by atoms with E-state index in [-0.39, 0.29) is 10.8 Å². The topological polar surface area (TPSA) is 91.8 Å². The van der Waals surface area contributed by atoms with Crippen molar-refractivity contribution in [2.75, 3.05) is 43.5 Å². The summed E-state index contributed by atoms with van der Waals surface area (Å²) < 4.78 is 32.4. The van der Waals surface area contributed by atoms with Crippen LogP contribution >= 0.6 is 0 Å². The quantitative estimate of drug-likeness (QED) is 0.740. The number of pyridine rings is 1. The Labute approximate surface area is 164 Å². The molecule has 0 aliphatic carbocycles. The third-order valence-electron chi connectivity index (χ3n) is 4.43. The molecule has 1 aromatic heterocycles. The number of sulfonamides is 1. The molecule has 0 bridgehead atoms. The fraction of sp³-hybridized carbons (Fsp3) is 0.263. The molecule has 1 amide bonds. The zero-order chi connectivity index (χ0) is 20.1. The molecule has 1 fully saturated rings. The minimum atomic E-state index is -3.60. The Morgan fingerprint density at radius 1 is 1.14 bits per heavy atom. The number of ether oxygens (including phenoxy) is 1. The van der Waals surface area contributed by atoms with E-state index in [1.165, 1.54) is 16.4 Å². The molecule has 28 heavy (non-hydrogen) atoms. The summed E-state index contributed by atoms with van der Waals surface area (Å²) >= 11 is 0. The van der Waals surface area contributed by atoms with Gasteiger partial charge in [-0.05, 0) is 36.4 Å². The molecule has 2 aromatic rings. The van der Waals surface area contributed by atoms with Gasteiger partial charge in [-0.25, -0.2) is 8.42 Å². The molecule has 1 aromatic carbocycles. The van der Waals surface area contributed by atoms with Crippen molar-refractivity contribution in [3.8, 4) is 5.88 Å². The number of hydrogen-bond acceptors (Lipinski definition) is 6. The zero-order valence-corrected chi connectivity index (χ0v) is 16.4. The highest BCUT2D eigenvalue weighted by Gasteiger charge is 2.29. The van der Waals surface area contributed by atoms with Gasteiger partial charge in [-0.1, -0.05) is 12.6 Å². The average Bonchev–Trinajstić information content (AvgIpc) is 2.74. The summed E-state index contributed by atoms with van der Waals surface area (Å²) in [5.74, 6) is 0.938. The Hall–Kier alpha value is -2.91. The molecule has 0 radical (unpaired) electrons. The van der Waals surface area contributed by atoms with Crippen molar-refractivity contribution in [3.05, 3.63) is 55.1 Å². The number of rotatable bonds is 6. The van der Waals surface area contributed by atoms with Gasteiger partial charge in [0, 0.05) is 37.9 Å². The number of benzene rings is 1. The second-order valence-electron chi connectivity index (χ2n) is 6.15. The smallest absolute Gasteiger partial charge is 0.247 e. The summed E-state index contributed by atoms with van der Waals surface area (Å²) in [4.78, 5) is 17.9. The first-order valence-electron chi connectivity index (χ1n) is 8.73. The van der Waals surface area contributed by atoms with Crippen molar-refractivity contribution < 1.29 is 17.9 Å². The number of amides is 1. The molecule has 1 N–H and O–H groups in total. The van der Waals surface area contributed by atoms with Crippen LogP contribution in [0.1, 0.15) is 0 Å². The lowest BCUT2D eigenvalue weighted by Crippen LogP contribution is -2.48. The van der Waals surface area contributed by atoms with Crippen LogP contribution in [0.2, 0.25) is 0 Å². The molecule has 0 atom stereocenters. The molecular weight excluding hydrogens is 380 g/mol. The fourth-order valence-corrected chi connectivity index (χ4v) is 4.33. The molecule has 9 heteroatoms. The number of nitrogens with zero attached hydrogens (tertiary/aromatic N) is 3. The predicted molar refractivity (Wildman–Crippen MR) is 107 cm³/mol. The number of piperazine rings is 1. The Balaban J connectivity index is 1.67. The normalized spacial score (nSPS) is 15.1. The van der Waals surface area contributed by atoms with Gasteiger partial charge in [-0.3, -0.25) is 4.79 Å². The lowest BCUT2D eigenvalue weighted by molar-refractivity contribution is -0.111. The van der Waals surface area contributed by atoms with Gasteiger partial charge in [0.25, 0.3) is 0 Å². The highest BCUT2D eigenvalue weighted by Crippen LogP contribution is 2.22. The molecule has 3 rings (SSSR count). The number of nitrogens with one attached hydrogen (secondary N) is 1. The first-order chi connectivity index (χ1) is 13.4. The van der Waals surface area contributed by atoms with Crippen LogP contribution in [0.25, 0.3) is 0 Å². The number of hydrogen-bond donors (Lipinski definition) is 1. The number of aromatic nitrogens is 1. The maximum atomic E-state index is 12.9. The third-order valence-corrected chi connectivity index (χ3v) is 6.34. The first-order valence-corrected chi connectivity index (χ1v) is 10.2. The molecule has 2 heterocycles. The molecule has 8 nitrogen and oxygen atoms in total. The summed E-state index contributed by atoms with van der Waals surface area (Å²) in [6.07, 6.45) is 1.15. The van der Waals surface area contributed by atoms with Crippen molar-refractivity contribution in [2.24, 2.45) is 0 Å². The van der Waals surface area contributed by atoms with Gasteiger partial charge in [-0.15, -0.1) is 0 Å². The summed E-state index contributed by atoms with van der Waals surface area (Å²) in [7, 11) is -2.04. The molecule has 1 aliphatic rings. The fourth-order valence-electron chi connectivity index (χ4n) is 2.90. The van der Waals surface area contributed by atoms with Crippen molar-refractivity contribution in [1.82, 2.24) is 9.29 Å². The lowest BCUT2D eigenvalue weighted by Gasteiger charge is -2.34. The summed E-state index contributed by atoms with van der Waals surface area (Å²) in [5.41, 5.74) is 0.512. The van der Waals surface area contributed by atoms with Crippen LogP contribution in [0.15, 0.2) is 60.0 Å². The molecule has 148 valence electrons. The first kappa shape index (κ1) is 19.8. The maximum Gasteiger partial charge on any atom is 0.247 e.